The van der Waals surface area contributed by atoms with Crippen LogP contribution in [-0.2, 0) is 4.74 Å². The first-order valence-corrected chi connectivity index (χ1v) is 7.98. The Morgan fingerprint density at radius 3 is 2.96 bits per heavy atom. The standard InChI is InChI=1S/C19H21NO4/c1-13-5-3-7-18(16(13)9-21)24-11-14-10-23-12-17(14)15-6-4-8-20-19(15)22-2/h3-9,14,17H,10-12H2,1-2H3/t14-,17+/m1/s1. The van der Waals surface area contributed by atoms with E-state index in [-0.39, 0.29) is 11.8 Å². The van der Waals surface area contributed by atoms with E-state index in [1.165, 1.54) is 0 Å². The molecule has 3 rings (SSSR count). The fraction of sp³-hybridized carbons (Fsp3) is 0.368. The lowest BCUT2D eigenvalue weighted by Gasteiger charge is -2.20. The van der Waals surface area contributed by atoms with E-state index >= 15 is 0 Å². The molecule has 1 fully saturated rings. The van der Waals surface area contributed by atoms with Crippen molar-refractivity contribution < 1.29 is 19.0 Å². The van der Waals surface area contributed by atoms with Gasteiger partial charge in [0, 0.05) is 23.6 Å². The second-order valence-corrected chi connectivity index (χ2v) is 5.92. The highest BCUT2D eigenvalue weighted by molar-refractivity contribution is 5.81. The minimum Gasteiger partial charge on any atom is -0.492 e. The third-order valence-electron chi connectivity index (χ3n) is 4.45. The van der Waals surface area contributed by atoms with Crippen LogP contribution >= 0.6 is 0 Å². The highest BCUT2D eigenvalue weighted by Gasteiger charge is 2.32. The lowest BCUT2D eigenvalue weighted by Crippen LogP contribution is -2.20. The molecule has 2 heterocycles. The number of hydrogen-bond donors (Lipinski definition) is 0. The van der Waals surface area contributed by atoms with Gasteiger partial charge >= 0.3 is 0 Å². The molecule has 0 unspecified atom stereocenters. The molecule has 0 aliphatic carbocycles. The van der Waals surface area contributed by atoms with Crippen LogP contribution in [0.15, 0.2) is 36.5 Å². The molecule has 1 saturated heterocycles. The molecule has 1 aliphatic rings. The zero-order chi connectivity index (χ0) is 16.9. The monoisotopic (exact) mass is 327 g/mol. The minimum atomic E-state index is 0.165. The van der Waals surface area contributed by atoms with E-state index in [0.29, 0.717) is 37.0 Å². The van der Waals surface area contributed by atoms with Gasteiger partial charge in [-0.2, -0.15) is 0 Å². The van der Waals surface area contributed by atoms with Crippen LogP contribution in [0.2, 0.25) is 0 Å². The maximum Gasteiger partial charge on any atom is 0.216 e. The van der Waals surface area contributed by atoms with Crippen molar-refractivity contribution in [3.05, 3.63) is 53.2 Å². The number of rotatable bonds is 6. The van der Waals surface area contributed by atoms with E-state index in [1.807, 2.05) is 37.3 Å². The number of benzene rings is 1. The van der Waals surface area contributed by atoms with Crippen molar-refractivity contribution in [3.8, 4) is 11.6 Å². The first kappa shape index (κ1) is 16.5. The van der Waals surface area contributed by atoms with E-state index in [0.717, 1.165) is 17.4 Å². The summed E-state index contributed by atoms with van der Waals surface area (Å²) < 4.78 is 17.0. The third-order valence-corrected chi connectivity index (χ3v) is 4.45. The molecule has 2 atom stereocenters. The first-order chi connectivity index (χ1) is 11.7. The normalized spacial score (nSPS) is 19.9. The van der Waals surface area contributed by atoms with Gasteiger partial charge < -0.3 is 14.2 Å². The number of carbonyl (C=O) groups is 1. The second kappa shape index (κ2) is 7.45. The van der Waals surface area contributed by atoms with Crippen LogP contribution in [0.5, 0.6) is 11.6 Å². The largest absolute Gasteiger partial charge is 0.492 e. The molecule has 5 nitrogen and oxygen atoms in total. The number of methoxy groups -OCH3 is 1. The average molecular weight is 327 g/mol. The van der Waals surface area contributed by atoms with E-state index in [2.05, 4.69) is 4.98 Å². The van der Waals surface area contributed by atoms with Gasteiger partial charge in [0.2, 0.25) is 5.88 Å². The topological polar surface area (TPSA) is 57.6 Å². The lowest BCUT2D eigenvalue weighted by molar-refractivity contribution is 0.111. The predicted molar refractivity (Wildman–Crippen MR) is 89.9 cm³/mol. The highest BCUT2D eigenvalue weighted by atomic mass is 16.5. The fourth-order valence-corrected chi connectivity index (χ4v) is 3.09. The summed E-state index contributed by atoms with van der Waals surface area (Å²) in [7, 11) is 1.62. The van der Waals surface area contributed by atoms with Crippen LogP contribution in [0, 0.1) is 12.8 Å². The average Bonchev–Trinajstić information content (AvgIpc) is 3.08. The maximum atomic E-state index is 11.3. The van der Waals surface area contributed by atoms with Gasteiger partial charge in [0.05, 0.1) is 32.5 Å². The van der Waals surface area contributed by atoms with E-state index in [4.69, 9.17) is 14.2 Å². The molecule has 0 saturated carbocycles. The predicted octanol–water partition coefficient (Wildman–Crippen LogP) is 3.02. The van der Waals surface area contributed by atoms with Gasteiger partial charge in [-0.15, -0.1) is 0 Å². The number of aryl methyl sites for hydroxylation is 1. The number of pyridine rings is 1. The zero-order valence-corrected chi connectivity index (χ0v) is 13.9. The Morgan fingerprint density at radius 2 is 2.17 bits per heavy atom. The summed E-state index contributed by atoms with van der Waals surface area (Å²) in [5.74, 6) is 1.59. The highest BCUT2D eigenvalue weighted by Crippen LogP contribution is 2.35. The smallest absolute Gasteiger partial charge is 0.216 e. The molecule has 1 aliphatic heterocycles. The van der Waals surface area contributed by atoms with Crippen LogP contribution in [0.4, 0.5) is 0 Å². The van der Waals surface area contributed by atoms with Crippen molar-refractivity contribution in [2.75, 3.05) is 26.9 Å². The molecule has 0 spiro atoms. The van der Waals surface area contributed by atoms with E-state index in [9.17, 15) is 4.79 Å². The number of nitrogens with zero attached hydrogens (tertiary/aromatic N) is 1. The first-order valence-electron chi connectivity index (χ1n) is 7.98. The van der Waals surface area contributed by atoms with Gasteiger partial charge in [-0.05, 0) is 24.6 Å². The van der Waals surface area contributed by atoms with Gasteiger partial charge in [-0.1, -0.05) is 18.2 Å². The van der Waals surface area contributed by atoms with Gasteiger partial charge in [-0.3, -0.25) is 4.79 Å². The molecule has 1 aromatic heterocycles. The minimum absolute atomic E-state index is 0.165. The van der Waals surface area contributed by atoms with Gasteiger partial charge in [0.25, 0.3) is 0 Å². The van der Waals surface area contributed by atoms with Crippen LogP contribution in [0.1, 0.15) is 27.4 Å². The zero-order valence-electron chi connectivity index (χ0n) is 13.9. The molecular weight excluding hydrogens is 306 g/mol. The summed E-state index contributed by atoms with van der Waals surface area (Å²) >= 11 is 0. The summed E-state index contributed by atoms with van der Waals surface area (Å²) in [5.41, 5.74) is 2.55. The van der Waals surface area contributed by atoms with Crippen molar-refractivity contribution in [3.63, 3.8) is 0 Å². The molecular formula is C19H21NO4. The van der Waals surface area contributed by atoms with Crippen molar-refractivity contribution in [2.24, 2.45) is 5.92 Å². The van der Waals surface area contributed by atoms with E-state index in [1.54, 1.807) is 13.3 Å². The molecule has 5 heteroatoms. The Kier molecular flexibility index (Phi) is 5.11. The van der Waals surface area contributed by atoms with Gasteiger partial charge in [-0.25, -0.2) is 4.98 Å². The number of ether oxygens (including phenoxy) is 3. The van der Waals surface area contributed by atoms with Crippen molar-refractivity contribution in [1.82, 2.24) is 4.98 Å². The summed E-state index contributed by atoms with van der Waals surface area (Å²) in [6.07, 6.45) is 2.56. The molecule has 0 bridgehead atoms. The summed E-state index contributed by atoms with van der Waals surface area (Å²) in [6, 6.07) is 9.54. The molecule has 1 aromatic carbocycles. The third kappa shape index (κ3) is 3.26. The Bertz CT molecular complexity index is 716. The number of aromatic nitrogens is 1. The van der Waals surface area contributed by atoms with Gasteiger partial charge in [0.15, 0.2) is 6.29 Å². The van der Waals surface area contributed by atoms with E-state index < -0.39 is 0 Å². The summed E-state index contributed by atoms with van der Waals surface area (Å²) in [6.45, 7) is 3.61. The van der Waals surface area contributed by atoms with Crippen LogP contribution in [0.25, 0.3) is 0 Å². The molecule has 2 aromatic rings. The molecule has 126 valence electrons. The molecule has 24 heavy (non-hydrogen) atoms. The number of hydrogen-bond acceptors (Lipinski definition) is 5. The Labute approximate surface area is 141 Å². The van der Waals surface area contributed by atoms with Crippen molar-refractivity contribution in [2.45, 2.75) is 12.8 Å². The molecule has 0 amide bonds. The Hall–Kier alpha value is -2.40. The van der Waals surface area contributed by atoms with Gasteiger partial charge in [0.1, 0.15) is 5.75 Å². The van der Waals surface area contributed by atoms with Crippen LogP contribution in [0.3, 0.4) is 0 Å². The summed E-state index contributed by atoms with van der Waals surface area (Å²) in [4.78, 5) is 15.6. The second-order valence-electron chi connectivity index (χ2n) is 5.92. The lowest BCUT2D eigenvalue weighted by atomic mass is 9.90. The maximum absolute atomic E-state index is 11.3. The quantitative estimate of drug-likeness (QED) is 0.763. The van der Waals surface area contributed by atoms with Crippen molar-refractivity contribution >= 4 is 6.29 Å². The van der Waals surface area contributed by atoms with Crippen LogP contribution in [-0.4, -0.2) is 38.2 Å². The SMILES string of the molecule is COc1ncccc1[C@H]1COC[C@@H]1COc1cccc(C)c1C=O. The number of carbonyl (C=O) groups excluding carboxylic acids is 1. The molecule has 0 N–H and O–H groups in total. The Balaban J connectivity index is 1.75. The fourth-order valence-electron chi connectivity index (χ4n) is 3.09. The van der Waals surface area contributed by atoms with Crippen LogP contribution < -0.4 is 9.47 Å². The van der Waals surface area contributed by atoms with Crippen molar-refractivity contribution in [1.29, 1.82) is 0 Å². The summed E-state index contributed by atoms with van der Waals surface area (Å²) in [5, 5.41) is 0. The Morgan fingerprint density at radius 1 is 1.29 bits per heavy atom. The number of aldehydes is 1. The molecule has 0 radical (unpaired) electrons.